The predicted molar refractivity (Wildman–Crippen MR) is 64.2 cm³/mol. The van der Waals surface area contributed by atoms with E-state index in [0.29, 0.717) is 12.0 Å². The van der Waals surface area contributed by atoms with Gasteiger partial charge in [0.05, 0.1) is 6.61 Å². The van der Waals surface area contributed by atoms with Crippen molar-refractivity contribution < 1.29 is 9.26 Å². The van der Waals surface area contributed by atoms with Crippen LogP contribution in [0.4, 0.5) is 0 Å². The van der Waals surface area contributed by atoms with Gasteiger partial charge in [0.2, 0.25) is 11.7 Å². The summed E-state index contributed by atoms with van der Waals surface area (Å²) in [6.07, 6.45) is 6.25. The van der Waals surface area contributed by atoms with Crippen molar-refractivity contribution in [3.05, 3.63) is 11.7 Å². The summed E-state index contributed by atoms with van der Waals surface area (Å²) < 4.78 is 11.3. The molecular formula is C13H19N3O2. The van der Waals surface area contributed by atoms with Crippen LogP contribution in [0, 0.1) is 0 Å². The molecule has 1 aromatic rings. The van der Waals surface area contributed by atoms with Crippen LogP contribution in [0.5, 0.6) is 0 Å². The Morgan fingerprint density at radius 1 is 1.17 bits per heavy atom. The first-order valence-corrected chi connectivity index (χ1v) is 7.09. The van der Waals surface area contributed by atoms with E-state index >= 15 is 0 Å². The summed E-state index contributed by atoms with van der Waals surface area (Å²) in [7, 11) is 0. The second-order valence-electron chi connectivity index (χ2n) is 5.73. The molecule has 0 radical (unpaired) electrons. The molecule has 0 aromatic carbocycles. The molecule has 5 nitrogen and oxygen atoms in total. The maximum Gasteiger partial charge on any atom is 0.229 e. The summed E-state index contributed by atoms with van der Waals surface area (Å²) in [5.74, 6) is 2.08. The predicted octanol–water partition coefficient (Wildman–Crippen LogP) is 1.87. The number of hydrogen-bond acceptors (Lipinski definition) is 5. The van der Waals surface area contributed by atoms with Crippen molar-refractivity contribution in [1.82, 2.24) is 15.0 Å². The molecular weight excluding hydrogens is 230 g/mol. The van der Waals surface area contributed by atoms with Gasteiger partial charge in [-0.05, 0) is 32.2 Å². The summed E-state index contributed by atoms with van der Waals surface area (Å²) in [6.45, 7) is 2.93. The fourth-order valence-electron chi connectivity index (χ4n) is 3.17. The number of nitrogens with zero attached hydrogens (tertiary/aromatic N) is 3. The molecule has 4 rings (SSSR count). The molecule has 98 valence electrons. The number of rotatable bonds is 2. The SMILES string of the molecule is C1CC(c2nc([C@H]3CN4CCC[C@@H]4CO3)no2)C1. The van der Waals surface area contributed by atoms with Crippen molar-refractivity contribution in [2.75, 3.05) is 19.7 Å². The first kappa shape index (κ1) is 10.9. The van der Waals surface area contributed by atoms with E-state index in [1.807, 2.05) is 0 Å². The highest BCUT2D eigenvalue weighted by Gasteiger charge is 2.35. The standard InChI is InChI=1S/C13H19N3O2/c1-3-9(4-1)13-14-12(15-18-13)11-7-16-6-2-5-10(16)8-17-11/h9-11H,1-8H2/t10-,11-/m1/s1. The molecule has 0 unspecified atom stereocenters. The summed E-state index contributed by atoms with van der Waals surface area (Å²) in [6, 6.07) is 0.624. The molecule has 0 amide bonds. The van der Waals surface area contributed by atoms with Gasteiger partial charge in [0, 0.05) is 18.5 Å². The number of hydrogen-bond donors (Lipinski definition) is 0. The molecule has 3 fully saturated rings. The summed E-state index contributed by atoms with van der Waals surface area (Å²) in [5.41, 5.74) is 0. The van der Waals surface area contributed by atoms with E-state index in [9.17, 15) is 0 Å². The minimum Gasteiger partial charge on any atom is -0.367 e. The lowest BCUT2D eigenvalue weighted by molar-refractivity contribution is -0.0548. The minimum absolute atomic E-state index is 0.0110. The summed E-state index contributed by atoms with van der Waals surface area (Å²) in [5, 5.41) is 4.12. The van der Waals surface area contributed by atoms with Gasteiger partial charge in [-0.15, -0.1) is 0 Å². The first-order valence-electron chi connectivity index (χ1n) is 7.09. The average molecular weight is 249 g/mol. The zero-order chi connectivity index (χ0) is 11.9. The third-order valence-electron chi connectivity index (χ3n) is 4.59. The van der Waals surface area contributed by atoms with Crippen LogP contribution in [0.25, 0.3) is 0 Å². The van der Waals surface area contributed by atoms with Gasteiger partial charge in [0.1, 0.15) is 6.10 Å². The molecule has 2 atom stereocenters. The van der Waals surface area contributed by atoms with Crippen molar-refractivity contribution in [3.8, 4) is 0 Å². The van der Waals surface area contributed by atoms with Crippen molar-refractivity contribution in [2.24, 2.45) is 0 Å². The van der Waals surface area contributed by atoms with Crippen molar-refractivity contribution in [1.29, 1.82) is 0 Å². The van der Waals surface area contributed by atoms with Crippen LogP contribution in [-0.4, -0.2) is 40.8 Å². The van der Waals surface area contributed by atoms with Crippen molar-refractivity contribution in [3.63, 3.8) is 0 Å². The lowest BCUT2D eigenvalue weighted by Crippen LogP contribution is -2.42. The van der Waals surface area contributed by atoms with E-state index in [1.165, 1.54) is 38.6 Å². The van der Waals surface area contributed by atoms with E-state index in [-0.39, 0.29) is 6.10 Å². The van der Waals surface area contributed by atoms with E-state index in [0.717, 1.165) is 24.9 Å². The lowest BCUT2D eigenvalue weighted by Gasteiger charge is -2.33. The van der Waals surface area contributed by atoms with Gasteiger partial charge in [-0.25, -0.2) is 0 Å². The monoisotopic (exact) mass is 249 g/mol. The molecule has 18 heavy (non-hydrogen) atoms. The van der Waals surface area contributed by atoms with Gasteiger partial charge in [-0.2, -0.15) is 4.98 Å². The topological polar surface area (TPSA) is 51.4 Å². The fourth-order valence-corrected chi connectivity index (χ4v) is 3.17. The normalized spacial score (nSPS) is 33.3. The number of ether oxygens (including phenoxy) is 1. The molecule has 3 aliphatic rings. The van der Waals surface area contributed by atoms with Gasteiger partial charge in [0.25, 0.3) is 0 Å². The average Bonchev–Trinajstić information content (AvgIpc) is 2.93. The first-order chi connectivity index (χ1) is 8.90. The second kappa shape index (κ2) is 4.31. The van der Waals surface area contributed by atoms with E-state index < -0.39 is 0 Å². The van der Waals surface area contributed by atoms with Crippen LogP contribution in [-0.2, 0) is 4.74 Å². The third-order valence-corrected chi connectivity index (χ3v) is 4.59. The van der Waals surface area contributed by atoms with Gasteiger partial charge in [0.15, 0.2) is 0 Å². The highest BCUT2D eigenvalue weighted by molar-refractivity contribution is 5.02. The second-order valence-corrected chi connectivity index (χ2v) is 5.73. The van der Waals surface area contributed by atoms with Crippen LogP contribution >= 0.6 is 0 Å². The van der Waals surface area contributed by atoms with Gasteiger partial charge < -0.3 is 9.26 Å². The molecule has 2 saturated heterocycles. The highest BCUT2D eigenvalue weighted by atomic mass is 16.5. The molecule has 3 heterocycles. The molecule has 1 aromatic heterocycles. The number of aromatic nitrogens is 2. The minimum atomic E-state index is 0.0110. The van der Waals surface area contributed by atoms with Crippen LogP contribution in [0.1, 0.15) is 55.8 Å². The Hall–Kier alpha value is -0.940. The molecule has 0 N–H and O–H groups in total. The summed E-state index contributed by atoms with van der Waals surface area (Å²) >= 11 is 0. The molecule has 2 aliphatic heterocycles. The molecule has 1 aliphatic carbocycles. The quantitative estimate of drug-likeness (QED) is 0.801. The van der Waals surface area contributed by atoms with Crippen LogP contribution in [0.3, 0.4) is 0 Å². The smallest absolute Gasteiger partial charge is 0.229 e. The Kier molecular flexibility index (Phi) is 2.62. The lowest BCUT2D eigenvalue weighted by atomic mass is 9.85. The van der Waals surface area contributed by atoms with Crippen LogP contribution in [0.15, 0.2) is 4.52 Å². The highest BCUT2D eigenvalue weighted by Crippen LogP contribution is 2.36. The maximum absolute atomic E-state index is 5.90. The largest absolute Gasteiger partial charge is 0.367 e. The maximum atomic E-state index is 5.90. The Balaban J connectivity index is 1.47. The number of fused-ring (bicyclic) bond motifs is 1. The van der Waals surface area contributed by atoms with Gasteiger partial charge in [-0.3, -0.25) is 4.90 Å². The summed E-state index contributed by atoms with van der Waals surface area (Å²) in [4.78, 5) is 7.05. The molecule has 0 bridgehead atoms. The van der Waals surface area contributed by atoms with E-state index in [2.05, 4.69) is 15.0 Å². The van der Waals surface area contributed by atoms with Gasteiger partial charge >= 0.3 is 0 Å². The molecule has 0 spiro atoms. The Morgan fingerprint density at radius 3 is 2.94 bits per heavy atom. The third kappa shape index (κ3) is 1.77. The fraction of sp³-hybridized carbons (Fsp3) is 0.846. The van der Waals surface area contributed by atoms with Gasteiger partial charge in [-0.1, -0.05) is 11.6 Å². The van der Waals surface area contributed by atoms with E-state index in [4.69, 9.17) is 9.26 Å². The van der Waals surface area contributed by atoms with Crippen molar-refractivity contribution in [2.45, 2.75) is 50.2 Å². The Morgan fingerprint density at radius 2 is 2.11 bits per heavy atom. The van der Waals surface area contributed by atoms with Crippen LogP contribution < -0.4 is 0 Å². The number of morpholine rings is 1. The molecule has 1 saturated carbocycles. The van der Waals surface area contributed by atoms with E-state index in [1.54, 1.807) is 0 Å². The zero-order valence-corrected chi connectivity index (χ0v) is 10.5. The zero-order valence-electron chi connectivity index (χ0n) is 10.5. The Labute approximate surface area is 106 Å². The Bertz CT molecular complexity index is 430. The molecule has 5 heteroatoms. The van der Waals surface area contributed by atoms with Crippen molar-refractivity contribution >= 4 is 0 Å². The van der Waals surface area contributed by atoms with Crippen LogP contribution in [0.2, 0.25) is 0 Å².